The van der Waals surface area contributed by atoms with Gasteiger partial charge in [0.1, 0.15) is 34.4 Å². The second-order valence-corrected chi connectivity index (χ2v) is 14.4. The number of rotatable bonds is 7. The van der Waals surface area contributed by atoms with E-state index in [9.17, 15) is 22.0 Å². The van der Waals surface area contributed by atoms with E-state index in [4.69, 9.17) is 25.7 Å². The van der Waals surface area contributed by atoms with Gasteiger partial charge in [-0.2, -0.15) is 0 Å². The van der Waals surface area contributed by atoms with Crippen molar-refractivity contribution in [1.29, 1.82) is 0 Å². The minimum atomic E-state index is -3.96. The molecule has 0 bridgehead atoms. The van der Waals surface area contributed by atoms with E-state index in [-0.39, 0.29) is 41.7 Å². The van der Waals surface area contributed by atoms with Crippen LogP contribution in [0.5, 0.6) is 5.75 Å². The molecule has 0 aliphatic carbocycles. The average Bonchev–Trinajstić information content (AvgIpc) is 3.70. The zero-order chi connectivity index (χ0) is 35.6. The Kier molecular flexibility index (Phi) is 7.80. The predicted octanol–water partition coefficient (Wildman–Crippen LogP) is 8.39. The van der Waals surface area contributed by atoms with Gasteiger partial charge in [0.15, 0.2) is 6.73 Å². The monoisotopic (exact) mass is 724 g/mol. The summed E-state index contributed by atoms with van der Waals surface area (Å²) < 4.78 is 71.4. The smallest absolute Gasteiger partial charge is 0.255 e. The Morgan fingerprint density at radius 3 is 2.47 bits per heavy atom. The number of aromatic nitrogens is 2. The molecule has 256 valence electrons. The average molecular weight is 725 g/mol. The lowest BCUT2D eigenvalue weighted by molar-refractivity contribution is 0.0964. The van der Waals surface area contributed by atoms with Crippen LogP contribution in [0.25, 0.3) is 55.8 Å². The molecule has 13 heteroatoms. The molecule has 8 rings (SSSR count). The van der Waals surface area contributed by atoms with E-state index in [1.165, 1.54) is 41.7 Å². The van der Waals surface area contributed by atoms with Crippen molar-refractivity contribution in [2.24, 2.45) is 0 Å². The zero-order valence-corrected chi connectivity index (χ0v) is 28.6. The predicted molar refractivity (Wildman–Crippen MR) is 192 cm³/mol. The highest BCUT2D eigenvalue weighted by atomic mass is 35.5. The van der Waals surface area contributed by atoms with Crippen molar-refractivity contribution in [2.45, 2.75) is 13.3 Å². The molecule has 0 saturated carbocycles. The van der Waals surface area contributed by atoms with E-state index in [1.54, 1.807) is 66.7 Å². The van der Waals surface area contributed by atoms with Crippen molar-refractivity contribution in [1.82, 2.24) is 14.9 Å². The summed E-state index contributed by atoms with van der Waals surface area (Å²) in [6.07, 6.45) is 1.10. The number of benzene rings is 4. The number of hydrogen-bond acceptors (Lipinski definition) is 6. The summed E-state index contributed by atoms with van der Waals surface area (Å²) in [6, 6.07) is 25.5. The van der Waals surface area contributed by atoms with Gasteiger partial charge in [0, 0.05) is 40.0 Å². The molecule has 4 heterocycles. The zero-order valence-electron chi connectivity index (χ0n) is 27.1. The lowest BCUT2D eigenvalue weighted by Crippen LogP contribution is -2.30. The van der Waals surface area contributed by atoms with Crippen LogP contribution in [0.1, 0.15) is 15.9 Å². The van der Waals surface area contributed by atoms with Gasteiger partial charge in [0.25, 0.3) is 5.91 Å². The molecule has 0 atom stereocenters. The van der Waals surface area contributed by atoms with Crippen molar-refractivity contribution in [2.75, 3.05) is 17.6 Å². The quantitative estimate of drug-likeness (QED) is 0.177. The summed E-state index contributed by atoms with van der Waals surface area (Å²) in [6.45, 7) is 0.0804. The van der Waals surface area contributed by atoms with Crippen molar-refractivity contribution in [3.8, 4) is 39.7 Å². The van der Waals surface area contributed by atoms with E-state index in [2.05, 4.69) is 5.32 Å². The number of fused-ring (bicyclic) bond motifs is 6. The molecule has 0 saturated heterocycles. The number of sulfonamides is 1. The van der Waals surface area contributed by atoms with E-state index in [0.29, 0.717) is 60.8 Å². The van der Waals surface area contributed by atoms with Gasteiger partial charge >= 0.3 is 0 Å². The van der Waals surface area contributed by atoms with Crippen LogP contribution in [0.2, 0.25) is 5.02 Å². The van der Waals surface area contributed by atoms with Gasteiger partial charge in [-0.05, 0) is 78.4 Å². The van der Waals surface area contributed by atoms with E-state index in [1.807, 2.05) is 4.57 Å². The fourth-order valence-electron chi connectivity index (χ4n) is 6.45. The Balaban J connectivity index is 1.40. The first kappa shape index (κ1) is 32.5. The topological polar surface area (TPSA) is 107 Å². The van der Waals surface area contributed by atoms with E-state index in [0.717, 1.165) is 6.26 Å². The molecule has 1 aliphatic heterocycles. The number of amides is 1. The summed E-state index contributed by atoms with van der Waals surface area (Å²) in [4.78, 5) is 18.4. The number of nitrogens with one attached hydrogen (secondary N) is 1. The minimum absolute atomic E-state index is 0.0656. The SMILES string of the molecule is CNC(=O)c1c(-c2ccc(F)cc2)oc2cc(N(Cc3ccc(Cl)cc3)S(C)(=O)=O)c(-c3ccc4c(n3)-c3cc5c(F)cccc5n3CO4)cc12. The van der Waals surface area contributed by atoms with Gasteiger partial charge in [-0.15, -0.1) is 0 Å². The summed E-state index contributed by atoms with van der Waals surface area (Å²) >= 11 is 6.13. The van der Waals surface area contributed by atoms with Gasteiger partial charge in [0.2, 0.25) is 10.0 Å². The van der Waals surface area contributed by atoms with E-state index < -0.39 is 21.7 Å². The van der Waals surface area contributed by atoms with Crippen LogP contribution in [0.4, 0.5) is 14.5 Å². The molecular weight excluding hydrogens is 698 g/mol. The Morgan fingerprint density at radius 2 is 1.75 bits per heavy atom. The van der Waals surface area contributed by atoms with Gasteiger partial charge in [0.05, 0.1) is 41.0 Å². The third kappa shape index (κ3) is 5.66. The summed E-state index contributed by atoms with van der Waals surface area (Å²) in [5.74, 6) is -0.674. The number of carbonyl (C=O) groups is 1. The van der Waals surface area contributed by atoms with Crippen molar-refractivity contribution < 1.29 is 31.1 Å². The van der Waals surface area contributed by atoms with Crippen LogP contribution in [0, 0.1) is 11.6 Å². The maximum atomic E-state index is 14.9. The summed E-state index contributed by atoms with van der Waals surface area (Å²) in [7, 11) is -2.47. The number of pyridine rings is 1. The molecule has 7 aromatic rings. The van der Waals surface area contributed by atoms with Crippen LogP contribution in [0.3, 0.4) is 0 Å². The lowest BCUT2D eigenvalue weighted by atomic mass is 10.00. The van der Waals surface area contributed by atoms with Crippen LogP contribution < -0.4 is 14.4 Å². The van der Waals surface area contributed by atoms with Crippen molar-refractivity contribution >= 4 is 55.1 Å². The van der Waals surface area contributed by atoms with Crippen molar-refractivity contribution in [3.63, 3.8) is 0 Å². The highest BCUT2D eigenvalue weighted by molar-refractivity contribution is 7.92. The molecule has 51 heavy (non-hydrogen) atoms. The first-order chi connectivity index (χ1) is 24.5. The number of nitrogens with zero attached hydrogens (tertiary/aromatic N) is 3. The molecule has 0 fully saturated rings. The molecule has 4 aromatic carbocycles. The second kappa shape index (κ2) is 12.3. The normalized spacial score (nSPS) is 12.4. The van der Waals surface area contributed by atoms with Crippen LogP contribution in [0.15, 0.2) is 101 Å². The summed E-state index contributed by atoms with van der Waals surface area (Å²) in [5, 5.41) is 3.93. The largest absolute Gasteiger partial charge is 0.470 e. The highest BCUT2D eigenvalue weighted by Gasteiger charge is 2.29. The molecule has 1 N–H and O–H groups in total. The molecule has 3 aromatic heterocycles. The third-order valence-electron chi connectivity index (χ3n) is 8.89. The van der Waals surface area contributed by atoms with Gasteiger partial charge in [-0.25, -0.2) is 22.2 Å². The maximum Gasteiger partial charge on any atom is 0.255 e. The molecule has 9 nitrogen and oxygen atoms in total. The van der Waals surface area contributed by atoms with Gasteiger partial charge in [-0.3, -0.25) is 9.10 Å². The standard InChI is InChI=1S/C38H27ClF2N4O5S/c1-42-38(46)35-27-16-26(29-14-15-33-36(43-29)32-17-25-28(41)4-3-5-30(25)44(32)20-49-33)31(18-34(27)50-37(35)22-8-12-24(40)13-9-22)45(51(2,47)48)19-21-6-10-23(39)11-7-21/h3-18H,19-20H2,1-2H3,(H,42,46). The Hall–Kier alpha value is -5.72. The fraction of sp³-hybridized carbons (Fsp3) is 0.105. The number of ether oxygens (including phenoxy) is 1. The first-order valence-corrected chi connectivity index (χ1v) is 18.0. The van der Waals surface area contributed by atoms with Gasteiger partial charge in [-0.1, -0.05) is 29.8 Å². The Morgan fingerprint density at radius 1 is 0.980 bits per heavy atom. The third-order valence-corrected chi connectivity index (χ3v) is 10.3. The number of hydrogen-bond donors (Lipinski definition) is 1. The van der Waals surface area contributed by atoms with E-state index >= 15 is 0 Å². The number of carbonyl (C=O) groups excluding carboxylic acids is 1. The first-order valence-electron chi connectivity index (χ1n) is 15.7. The Bertz CT molecular complexity index is 2640. The highest BCUT2D eigenvalue weighted by Crippen LogP contribution is 2.44. The Labute approximate surface area is 295 Å². The number of halogens is 3. The van der Waals surface area contributed by atoms with Crippen LogP contribution >= 0.6 is 11.6 Å². The molecule has 0 radical (unpaired) electrons. The second-order valence-electron chi connectivity index (χ2n) is 12.1. The molecule has 0 unspecified atom stereocenters. The van der Waals surface area contributed by atoms with Crippen LogP contribution in [-0.4, -0.2) is 37.2 Å². The number of anilines is 1. The lowest BCUT2D eigenvalue weighted by Gasteiger charge is -2.26. The fourth-order valence-corrected chi connectivity index (χ4v) is 7.47. The maximum absolute atomic E-state index is 14.9. The van der Waals surface area contributed by atoms with Crippen LogP contribution in [-0.2, 0) is 23.3 Å². The summed E-state index contributed by atoms with van der Waals surface area (Å²) in [5.41, 5.74) is 4.11. The van der Waals surface area contributed by atoms with Gasteiger partial charge < -0.3 is 19.0 Å². The molecular formula is C38H27ClF2N4O5S. The number of furan rings is 1. The molecule has 1 amide bonds. The minimum Gasteiger partial charge on any atom is -0.470 e. The van der Waals surface area contributed by atoms with Crippen molar-refractivity contribution in [3.05, 3.63) is 125 Å². The molecule has 0 spiro atoms. The molecule has 1 aliphatic rings.